The van der Waals surface area contributed by atoms with Crippen LogP contribution in [0.5, 0.6) is 0 Å². The lowest BCUT2D eigenvalue weighted by Crippen LogP contribution is -2.52. The molecule has 0 spiro atoms. The van der Waals surface area contributed by atoms with Crippen molar-refractivity contribution in [3.8, 4) is 0 Å². The van der Waals surface area contributed by atoms with Gasteiger partial charge in [-0.25, -0.2) is 0 Å². The molecule has 2 saturated heterocycles. The van der Waals surface area contributed by atoms with Crippen LogP contribution < -0.4 is 5.32 Å². The summed E-state index contributed by atoms with van der Waals surface area (Å²) in [4.78, 5) is 2.71. The predicted molar refractivity (Wildman–Crippen MR) is 64.0 cm³/mol. The maximum atomic E-state index is 3.49. The summed E-state index contributed by atoms with van der Waals surface area (Å²) in [6.45, 7) is 7.30. The average Bonchev–Trinajstić information content (AvgIpc) is 2.71. The number of hydrogen-bond donors (Lipinski definition) is 1. The highest BCUT2D eigenvalue weighted by Gasteiger charge is 2.25. The molecule has 0 amide bonds. The summed E-state index contributed by atoms with van der Waals surface area (Å²) >= 11 is 2.19. The van der Waals surface area contributed by atoms with Crippen LogP contribution in [0.3, 0.4) is 0 Å². The molecule has 2 unspecified atom stereocenters. The van der Waals surface area contributed by atoms with Gasteiger partial charge in [0.25, 0.3) is 0 Å². The predicted octanol–water partition coefficient (Wildman–Crippen LogP) is 1.57. The molecule has 2 fully saturated rings. The van der Waals surface area contributed by atoms with E-state index in [4.69, 9.17) is 0 Å². The van der Waals surface area contributed by atoms with Crippen LogP contribution in [0.2, 0.25) is 0 Å². The first kappa shape index (κ1) is 10.8. The molecule has 0 aromatic carbocycles. The summed E-state index contributed by atoms with van der Waals surface area (Å²) in [6, 6.07) is 0.796. The molecule has 2 aliphatic rings. The Hall–Kier alpha value is 0.270. The quantitative estimate of drug-likeness (QED) is 0.768. The van der Waals surface area contributed by atoms with Crippen LogP contribution in [0.15, 0.2) is 0 Å². The van der Waals surface area contributed by atoms with Crippen LogP contribution in [0.25, 0.3) is 0 Å². The second kappa shape index (κ2) is 5.38. The zero-order valence-electron chi connectivity index (χ0n) is 9.17. The highest BCUT2D eigenvalue weighted by Crippen LogP contribution is 2.27. The van der Waals surface area contributed by atoms with Crippen LogP contribution >= 0.6 is 11.8 Å². The molecular weight excluding hydrogens is 192 g/mol. The van der Waals surface area contributed by atoms with Gasteiger partial charge in [0.1, 0.15) is 0 Å². The van der Waals surface area contributed by atoms with Crippen LogP contribution in [-0.2, 0) is 0 Å². The minimum atomic E-state index is 0.796. The normalized spacial score (nSPS) is 34.9. The lowest BCUT2D eigenvalue weighted by molar-refractivity contribution is 0.157. The molecule has 2 heterocycles. The fourth-order valence-electron chi connectivity index (χ4n) is 2.50. The maximum absolute atomic E-state index is 3.49. The SMILES string of the molecule is CCC1CNCCN1CC1CCCS1. The van der Waals surface area contributed by atoms with Crippen molar-refractivity contribution in [3.63, 3.8) is 0 Å². The molecule has 0 saturated carbocycles. The van der Waals surface area contributed by atoms with Gasteiger partial charge in [0.15, 0.2) is 0 Å². The van der Waals surface area contributed by atoms with Crippen LogP contribution in [0.4, 0.5) is 0 Å². The van der Waals surface area contributed by atoms with Gasteiger partial charge in [-0.2, -0.15) is 11.8 Å². The van der Waals surface area contributed by atoms with Gasteiger partial charge in [-0.15, -0.1) is 0 Å². The molecular formula is C11H22N2S. The molecule has 2 atom stereocenters. The third kappa shape index (κ3) is 2.65. The molecule has 1 N–H and O–H groups in total. The van der Waals surface area contributed by atoms with E-state index < -0.39 is 0 Å². The van der Waals surface area contributed by atoms with Crippen LogP contribution in [-0.4, -0.2) is 48.1 Å². The first-order chi connectivity index (χ1) is 6.90. The largest absolute Gasteiger partial charge is 0.314 e. The fourth-order valence-corrected chi connectivity index (χ4v) is 3.79. The summed E-state index contributed by atoms with van der Waals surface area (Å²) < 4.78 is 0. The molecule has 0 aromatic heterocycles. The average molecular weight is 214 g/mol. The lowest BCUT2D eigenvalue weighted by Gasteiger charge is -2.37. The summed E-state index contributed by atoms with van der Waals surface area (Å²) in [6.07, 6.45) is 4.19. The molecule has 14 heavy (non-hydrogen) atoms. The Labute approximate surface area is 91.8 Å². The van der Waals surface area contributed by atoms with Crippen molar-refractivity contribution in [2.45, 2.75) is 37.5 Å². The van der Waals surface area contributed by atoms with Crippen molar-refractivity contribution < 1.29 is 0 Å². The topological polar surface area (TPSA) is 15.3 Å². The number of thioether (sulfide) groups is 1. The summed E-state index contributed by atoms with van der Waals surface area (Å²) in [5.41, 5.74) is 0. The van der Waals surface area contributed by atoms with E-state index in [2.05, 4.69) is 28.9 Å². The Balaban J connectivity index is 1.81. The molecule has 0 aliphatic carbocycles. The van der Waals surface area contributed by atoms with Gasteiger partial charge in [0.2, 0.25) is 0 Å². The van der Waals surface area contributed by atoms with Crippen molar-refractivity contribution >= 4 is 11.8 Å². The Bertz CT molecular complexity index is 169. The smallest absolute Gasteiger partial charge is 0.0219 e. The van der Waals surface area contributed by atoms with E-state index in [-0.39, 0.29) is 0 Å². The van der Waals surface area contributed by atoms with E-state index in [9.17, 15) is 0 Å². The van der Waals surface area contributed by atoms with Crippen molar-refractivity contribution in [3.05, 3.63) is 0 Å². The molecule has 2 nitrogen and oxygen atoms in total. The second-order valence-corrected chi connectivity index (χ2v) is 5.80. The van der Waals surface area contributed by atoms with Crippen molar-refractivity contribution in [1.29, 1.82) is 0 Å². The van der Waals surface area contributed by atoms with Gasteiger partial charge >= 0.3 is 0 Å². The van der Waals surface area contributed by atoms with Crippen LogP contribution in [0.1, 0.15) is 26.2 Å². The van der Waals surface area contributed by atoms with Gasteiger partial charge in [0.05, 0.1) is 0 Å². The Morgan fingerprint density at radius 2 is 2.43 bits per heavy atom. The molecule has 2 aliphatic heterocycles. The number of piperazine rings is 1. The van der Waals surface area contributed by atoms with E-state index in [0.717, 1.165) is 11.3 Å². The molecule has 3 heteroatoms. The molecule has 2 rings (SSSR count). The second-order valence-electron chi connectivity index (χ2n) is 4.40. The first-order valence-corrected chi connectivity index (χ1v) is 7.01. The van der Waals surface area contributed by atoms with Crippen molar-refractivity contribution in [1.82, 2.24) is 10.2 Å². The van der Waals surface area contributed by atoms with Gasteiger partial charge in [-0.1, -0.05) is 6.92 Å². The minimum Gasteiger partial charge on any atom is -0.314 e. The Morgan fingerprint density at radius 3 is 3.14 bits per heavy atom. The molecule has 0 bridgehead atoms. The van der Waals surface area contributed by atoms with E-state index in [0.29, 0.717) is 0 Å². The molecule has 82 valence electrons. The minimum absolute atomic E-state index is 0.796. The highest BCUT2D eigenvalue weighted by molar-refractivity contribution is 8.00. The molecule has 0 aromatic rings. The van der Waals surface area contributed by atoms with Gasteiger partial charge in [-0.3, -0.25) is 4.90 Å². The number of rotatable bonds is 3. The standard InChI is InChI=1S/C11H22N2S/c1-2-10-8-12-5-6-13(10)9-11-4-3-7-14-11/h10-12H,2-9H2,1H3. The van der Waals surface area contributed by atoms with Gasteiger partial charge < -0.3 is 5.32 Å². The highest BCUT2D eigenvalue weighted by atomic mass is 32.2. The van der Waals surface area contributed by atoms with Gasteiger partial charge in [-0.05, 0) is 25.0 Å². The first-order valence-electron chi connectivity index (χ1n) is 5.96. The number of hydrogen-bond acceptors (Lipinski definition) is 3. The van der Waals surface area contributed by atoms with E-state index >= 15 is 0 Å². The Kier molecular flexibility index (Phi) is 4.14. The third-order valence-electron chi connectivity index (χ3n) is 3.41. The summed E-state index contributed by atoms with van der Waals surface area (Å²) in [7, 11) is 0. The van der Waals surface area contributed by atoms with E-state index in [1.807, 2.05) is 0 Å². The van der Waals surface area contributed by atoms with Crippen LogP contribution in [0, 0.1) is 0 Å². The van der Waals surface area contributed by atoms with Crippen molar-refractivity contribution in [2.24, 2.45) is 0 Å². The maximum Gasteiger partial charge on any atom is 0.0219 e. The molecule has 0 radical (unpaired) electrons. The summed E-state index contributed by atoms with van der Waals surface area (Å²) in [5, 5.41) is 4.42. The number of nitrogens with one attached hydrogen (secondary N) is 1. The zero-order chi connectivity index (χ0) is 9.80. The third-order valence-corrected chi connectivity index (χ3v) is 4.79. The van der Waals surface area contributed by atoms with E-state index in [1.54, 1.807) is 0 Å². The van der Waals surface area contributed by atoms with E-state index in [1.165, 1.54) is 51.2 Å². The fraction of sp³-hybridized carbons (Fsp3) is 1.00. The monoisotopic (exact) mass is 214 g/mol. The zero-order valence-corrected chi connectivity index (χ0v) is 9.98. The Morgan fingerprint density at radius 1 is 1.50 bits per heavy atom. The number of nitrogens with zero attached hydrogens (tertiary/aromatic N) is 1. The van der Waals surface area contributed by atoms with Crippen molar-refractivity contribution in [2.75, 3.05) is 31.9 Å². The van der Waals surface area contributed by atoms with Gasteiger partial charge in [0, 0.05) is 37.5 Å². The lowest BCUT2D eigenvalue weighted by atomic mass is 10.1. The summed E-state index contributed by atoms with van der Waals surface area (Å²) in [5.74, 6) is 1.40.